The maximum atomic E-state index is 12.6. The zero-order valence-corrected chi connectivity index (χ0v) is 17.0. The maximum Gasteiger partial charge on any atom is 0.255 e. The molecule has 0 radical (unpaired) electrons. The van der Waals surface area contributed by atoms with E-state index in [-0.39, 0.29) is 22.3 Å². The molecule has 2 aromatic carbocycles. The number of nitrogens with two attached hydrogens (primary N) is 1. The summed E-state index contributed by atoms with van der Waals surface area (Å²) in [4.78, 5) is 14.8. The van der Waals surface area contributed by atoms with Gasteiger partial charge < -0.3 is 14.8 Å². The van der Waals surface area contributed by atoms with E-state index in [9.17, 15) is 13.2 Å². The van der Waals surface area contributed by atoms with E-state index in [0.29, 0.717) is 19.7 Å². The molecule has 1 amide bonds. The third-order valence-corrected chi connectivity index (χ3v) is 5.62. The van der Waals surface area contributed by atoms with Crippen molar-refractivity contribution in [3.8, 4) is 5.75 Å². The number of benzene rings is 2. The molecule has 3 N–H and O–H groups in total. The van der Waals surface area contributed by atoms with Gasteiger partial charge in [-0.1, -0.05) is 30.3 Å². The van der Waals surface area contributed by atoms with E-state index in [1.165, 1.54) is 30.9 Å². The van der Waals surface area contributed by atoms with Gasteiger partial charge in [0.1, 0.15) is 5.75 Å². The van der Waals surface area contributed by atoms with E-state index >= 15 is 0 Å². The van der Waals surface area contributed by atoms with Gasteiger partial charge >= 0.3 is 0 Å². The Morgan fingerprint density at radius 2 is 2.03 bits per heavy atom. The Hall–Kier alpha value is -2.46. The molecule has 156 valence electrons. The van der Waals surface area contributed by atoms with Gasteiger partial charge in [-0.15, -0.1) is 0 Å². The normalized spacial score (nSPS) is 17.7. The van der Waals surface area contributed by atoms with Crippen LogP contribution in [0.1, 0.15) is 15.9 Å². The first-order chi connectivity index (χ1) is 13.9. The molecule has 1 heterocycles. The van der Waals surface area contributed by atoms with Crippen molar-refractivity contribution in [1.82, 2.24) is 10.2 Å². The van der Waals surface area contributed by atoms with E-state index in [4.69, 9.17) is 14.6 Å². The number of ether oxygens (including phenoxy) is 2. The lowest BCUT2D eigenvalue weighted by molar-refractivity contribution is -0.0292. The quantitative estimate of drug-likeness (QED) is 0.692. The molecule has 29 heavy (non-hydrogen) atoms. The molecule has 0 aromatic heterocycles. The molecule has 1 aliphatic heterocycles. The van der Waals surface area contributed by atoms with Crippen LogP contribution in [-0.4, -0.2) is 58.7 Å². The lowest BCUT2D eigenvalue weighted by Crippen LogP contribution is -2.47. The first kappa shape index (κ1) is 21.3. The summed E-state index contributed by atoms with van der Waals surface area (Å²) in [7, 11) is -2.51. The van der Waals surface area contributed by atoms with Crippen molar-refractivity contribution in [2.45, 2.75) is 17.5 Å². The Kier molecular flexibility index (Phi) is 6.86. The van der Waals surface area contributed by atoms with Gasteiger partial charge in [-0.25, -0.2) is 13.6 Å². The lowest BCUT2D eigenvalue weighted by atomic mass is 10.1. The van der Waals surface area contributed by atoms with E-state index < -0.39 is 15.9 Å². The minimum absolute atomic E-state index is 0.107. The van der Waals surface area contributed by atoms with Crippen molar-refractivity contribution in [3.05, 3.63) is 59.7 Å². The summed E-state index contributed by atoms with van der Waals surface area (Å²) in [5.41, 5.74) is 1.33. The number of morpholine rings is 1. The van der Waals surface area contributed by atoms with Crippen molar-refractivity contribution in [3.63, 3.8) is 0 Å². The Morgan fingerprint density at radius 3 is 2.72 bits per heavy atom. The predicted molar refractivity (Wildman–Crippen MR) is 108 cm³/mol. The molecule has 8 nitrogen and oxygen atoms in total. The number of nitrogens with zero attached hydrogens (tertiary/aromatic N) is 1. The standard InChI is InChI=1S/C20H25N3O5S/c1-27-19-8-7-17(29(21,25)26)11-18(19)20(24)22-12-16-14-23(9-10-28-16)13-15-5-3-2-4-6-15/h2-8,11,16H,9-10,12-14H2,1H3,(H,22,24)(H2,21,25,26)/t16-/m1/s1. The summed E-state index contributed by atoms with van der Waals surface area (Å²) >= 11 is 0. The Morgan fingerprint density at radius 1 is 1.28 bits per heavy atom. The number of primary sulfonamides is 1. The van der Waals surface area contributed by atoms with Crippen molar-refractivity contribution in [1.29, 1.82) is 0 Å². The van der Waals surface area contributed by atoms with Crippen LogP contribution in [0.2, 0.25) is 0 Å². The molecule has 2 aromatic rings. The topological polar surface area (TPSA) is 111 Å². The van der Waals surface area contributed by atoms with Gasteiger partial charge in [-0.3, -0.25) is 9.69 Å². The van der Waals surface area contributed by atoms with Crippen LogP contribution in [0.5, 0.6) is 5.75 Å². The zero-order chi connectivity index (χ0) is 20.9. The highest BCUT2D eigenvalue weighted by molar-refractivity contribution is 7.89. The second-order valence-corrected chi connectivity index (χ2v) is 8.39. The Labute approximate surface area is 170 Å². The minimum Gasteiger partial charge on any atom is -0.496 e. The van der Waals surface area contributed by atoms with Gasteiger partial charge in [-0.2, -0.15) is 0 Å². The average molecular weight is 420 g/mol. The molecule has 0 aliphatic carbocycles. The van der Waals surface area contributed by atoms with Crippen LogP contribution in [0.3, 0.4) is 0 Å². The molecule has 9 heteroatoms. The van der Waals surface area contributed by atoms with Gasteiger partial charge in [0, 0.05) is 26.2 Å². The third-order valence-electron chi connectivity index (χ3n) is 4.71. The second-order valence-electron chi connectivity index (χ2n) is 6.83. The van der Waals surface area contributed by atoms with Gasteiger partial charge in [0.05, 0.1) is 30.3 Å². The number of carbonyl (C=O) groups is 1. The molecule has 0 unspecified atom stereocenters. The number of sulfonamides is 1. The van der Waals surface area contributed by atoms with Crippen LogP contribution in [0, 0.1) is 0 Å². The molecular formula is C20H25N3O5S. The Bertz CT molecular complexity index is 950. The zero-order valence-electron chi connectivity index (χ0n) is 16.2. The number of methoxy groups -OCH3 is 1. The number of nitrogens with one attached hydrogen (secondary N) is 1. The van der Waals surface area contributed by atoms with Gasteiger partial charge in [0.25, 0.3) is 5.91 Å². The van der Waals surface area contributed by atoms with E-state index in [2.05, 4.69) is 22.3 Å². The first-order valence-electron chi connectivity index (χ1n) is 9.24. The van der Waals surface area contributed by atoms with Crippen LogP contribution in [-0.2, 0) is 21.3 Å². The Balaban J connectivity index is 1.61. The number of hydrogen-bond donors (Lipinski definition) is 2. The molecular weight excluding hydrogens is 394 g/mol. The molecule has 3 rings (SSSR count). The second kappa shape index (κ2) is 9.36. The molecule has 1 aliphatic rings. The van der Waals surface area contributed by atoms with Crippen LogP contribution in [0.4, 0.5) is 0 Å². The predicted octanol–water partition coefficient (Wildman–Crippen LogP) is 0.973. The number of amides is 1. The summed E-state index contributed by atoms with van der Waals surface area (Å²) < 4.78 is 34.1. The van der Waals surface area contributed by atoms with Crippen molar-refractivity contribution >= 4 is 15.9 Å². The summed E-state index contributed by atoms with van der Waals surface area (Å²) in [6.45, 7) is 3.20. The summed E-state index contributed by atoms with van der Waals surface area (Å²) in [6.07, 6.45) is -0.163. The fourth-order valence-corrected chi connectivity index (χ4v) is 3.77. The number of hydrogen-bond acceptors (Lipinski definition) is 6. The SMILES string of the molecule is COc1ccc(S(N)(=O)=O)cc1C(=O)NC[C@@H]1CN(Cc2ccccc2)CCO1. The average Bonchev–Trinajstić information content (AvgIpc) is 2.72. The van der Waals surface area contributed by atoms with Crippen molar-refractivity contribution in [2.75, 3.05) is 33.4 Å². The highest BCUT2D eigenvalue weighted by atomic mass is 32.2. The van der Waals surface area contributed by atoms with Gasteiger partial charge in [0.15, 0.2) is 0 Å². The first-order valence-corrected chi connectivity index (χ1v) is 10.8. The monoisotopic (exact) mass is 419 g/mol. The smallest absolute Gasteiger partial charge is 0.255 e. The molecule has 1 fully saturated rings. The highest BCUT2D eigenvalue weighted by Crippen LogP contribution is 2.22. The van der Waals surface area contributed by atoms with Crippen molar-refractivity contribution in [2.24, 2.45) is 5.14 Å². The van der Waals surface area contributed by atoms with E-state index in [1.54, 1.807) is 0 Å². The minimum atomic E-state index is -3.92. The van der Waals surface area contributed by atoms with Crippen molar-refractivity contribution < 1.29 is 22.7 Å². The summed E-state index contributed by atoms with van der Waals surface area (Å²) in [5.74, 6) is -0.179. The lowest BCUT2D eigenvalue weighted by Gasteiger charge is -2.33. The number of rotatable bonds is 7. The molecule has 0 spiro atoms. The van der Waals surface area contributed by atoms with E-state index in [1.807, 2.05) is 18.2 Å². The van der Waals surface area contributed by atoms with Crippen LogP contribution >= 0.6 is 0 Å². The van der Waals surface area contributed by atoms with Gasteiger partial charge in [0.2, 0.25) is 10.0 Å². The molecule has 1 atom stereocenters. The molecule has 0 bridgehead atoms. The summed E-state index contributed by atoms with van der Waals surface area (Å²) in [6, 6.07) is 14.1. The largest absolute Gasteiger partial charge is 0.496 e. The molecule has 1 saturated heterocycles. The fraction of sp³-hybridized carbons (Fsp3) is 0.350. The van der Waals surface area contributed by atoms with Crippen LogP contribution < -0.4 is 15.2 Å². The summed E-state index contributed by atoms with van der Waals surface area (Å²) in [5, 5.41) is 7.96. The number of carbonyl (C=O) groups excluding carboxylic acids is 1. The van der Waals surface area contributed by atoms with Gasteiger partial charge in [-0.05, 0) is 23.8 Å². The maximum absolute atomic E-state index is 12.6. The molecule has 0 saturated carbocycles. The van der Waals surface area contributed by atoms with E-state index in [0.717, 1.165) is 13.1 Å². The van der Waals surface area contributed by atoms with Crippen LogP contribution in [0.25, 0.3) is 0 Å². The highest BCUT2D eigenvalue weighted by Gasteiger charge is 2.23. The third kappa shape index (κ3) is 5.77. The fourth-order valence-electron chi connectivity index (χ4n) is 3.23. The van der Waals surface area contributed by atoms with Crippen LogP contribution in [0.15, 0.2) is 53.4 Å².